The van der Waals surface area contributed by atoms with Crippen molar-refractivity contribution in [3.05, 3.63) is 20.3 Å². The lowest BCUT2D eigenvalue weighted by Gasteiger charge is -2.20. The van der Waals surface area contributed by atoms with Crippen LogP contribution in [0.5, 0.6) is 0 Å². The second kappa shape index (κ2) is 4.53. The Hall–Kier alpha value is 0.100. The van der Waals surface area contributed by atoms with Crippen molar-refractivity contribution < 1.29 is 4.74 Å². The third kappa shape index (κ3) is 2.28. The highest BCUT2D eigenvalue weighted by molar-refractivity contribution is 9.11. The Balaban J connectivity index is 2.16. The molecule has 1 saturated heterocycles. The van der Waals surface area contributed by atoms with Crippen LogP contribution in [0.1, 0.15) is 29.8 Å². The van der Waals surface area contributed by atoms with Gasteiger partial charge in [0.25, 0.3) is 0 Å². The number of aryl methyl sites for hydroxylation is 1. The smallest absolute Gasteiger partial charge is 0.0731 e. The quantitative estimate of drug-likeness (QED) is 0.907. The molecule has 2 nitrogen and oxygen atoms in total. The van der Waals surface area contributed by atoms with Gasteiger partial charge < -0.3 is 10.5 Å². The number of hydrogen-bond acceptors (Lipinski definition) is 3. The molecule has 1 aliphatic rings. The van der Waals surface area contributed by atoms with Gasteiger partial charge in [0, 0.05) is 23.4 Å². The summed E-state index contributed by atoms with van der Waals surface area (Å²) in [7, 11) is 0. The zero-order valence-corrected chi connectivity index (χ0v) is 11.4. The van der Waals surface area contributed by atoms with E-state index in [-0.39, 0.29) is 6.04 Å². The minimum atomic E-state index is 0.123. The lowest BCUT2D eigenvalue weighted by molar-refractivity contribution is 0.0998. The summed E-state index contributed by atoms with van der Waals surface area (Å²) in [6, 6.07) is 2.31. The molecule has 1 fully saturated rings. The van der Waals surface area contributed by atoms with Gasteiger partial charge in [0.15, 0.2) is 0 Å². The van der Waals surface area contributed by atoms with Gasteiger partial charge in [-0.1, -0.05) is 0 Å². The topological polar surface area (TPSA) is 35.2 Å². The fourth-order valence-electron chi connectivity index (χ4n) is 2.08. The molecule has 0 bridgehead atoms. The molecule has 0 saturated carbocycles. The summed E-state index contributed by atoms with van der Waals surface area (Å²) < 4.78 is 6.75. The van der Waals surface area contributed by atoms with Crippen LogP contribution in [-0.4, -0.2) is 12.7 Å². The molecule has 2 N–H and O–H groups in total. The Bertz CT molecular complexity index is 333. The van der Waals surface area contributed by atoms with E-state index < -0.39 is 0 Å². The summed E-state index contributed by atoms with van der Waals surface area (Å²) >= 11 is 5.29. The van der Waals surface area contributed by atoms with Crippen molar-refractivity contribution in [2.45, 2.75) is 32.4 Å². The molecule has 1 aliphatic heterocycles. The largest absolute Gasteiger partial charge is 0.378 e. The molecule has 1 aromatic heterocycles. The van der Waals surface area contributed by atoms with Gasteiger partial charge >= 0.3 is 0 Å². The fraction of sp³-hybridized carbons (Fsp3) is 0.636. The lowest BCUT2D eigenvalue weighted by atomic mass is 9.93. The van der Waals surface area contributed by atoms with Crippen molar-refractivity contribution in [3.63, 3.8) is 0 Å². The standard InChI is InChI=1S/C11H16BrNOS/c1-6-5-9(15-11(6)12)10(13)8-3-4-14-7(8)2/h5,7-8,10H,3-4,13H2,1-2H3. The Kier molecular flexibility index (Phi) is 3.50. The first-order valence-corrected chi connectivity index (χ1v) is 6.83. The van der Waals surface area contributed by atoms with Crippen LogP contribution in [0.25, 0.3) is 0 Å². The molecule has 0 spiro atoms. The van der Waals surface area contributed by atoms with Gasteiger partial charge in [-0.3, -0.25) is 0 Å². The van der Waals surface area contributed by atoms with Crippen LogP contribution in [0, 0.1) is 12.8 Å². The van der Waals surface area contributed by atoms with Crippen LogP contribution in [0.15, 0.2) is 9.85 Å². The zero-order chi connectivity index (χ0) is 11.0. The molecule has 1 aromatic rings. The molecule has 0 amide bonds. The highest BCUT2D eigenvalue weighted by Crippen LogP contribution is 2.37. The van der Waals surface area contributed by atoms with E-state index in [1.54, 1.807) is 11.3 Å². The predicted molar refractivity (Wildman–Crippen MR) is 67.2 cm³/mol. The SMILES string of the molecule is Cc1cc(C(N)C2CCOC2C)sc1Br. The van der Waals surface area contributed by atoms with E-state index in [9.17, 15) is 0 Å². The van der Waals surface area contributed by atoms with Crippen molar-refractivity contribution in [2.24, 2.45) is 11.7 Å². The summed E-state index contributed by atoms with van der Waals surface area (Å²) in [6.07, 6.45) is 1.37. The number of rotatable bonds is 2. The molecule has 0 aliphatic carbocycles. The number of ether oxygens (including phenoxy) is 1. The van der Waals surface area contributed by atoms with Crippen molar-refractivity contribution in [2.75, 3.05) is 6.61 Å². The Morgan fingerprint density at radius 1 is 1.67 bits per heavy atom. The van der Waals surface area contributed by atoms with E-state index in [0.29, 0.717) is 12.0 Å². The van der Waals surface area contributed by atoms with Gasteiger partial charge in [-0.05, 0) is 47.8 Å². The van der Waals surface area contributed by atoms with Crippen molar-refractivity contribution in [3.8, 4) is 0 Å². The molecule has 3 unspecified atom stereocenters. The number of thiophene rings is 1. The third-order valence-corrected chi connectivity index (χ3v) is 5.34. The average Bonchev–Trinajstić information content (AvgIpc) is 2.74. The molecule has 84 valence electrons. The van der Waals surface area contributed by atoms with Gasteiger partial charge in [-0.2, -0.15) is 0 Å². The number of halogens is 1. The Morgan fingerprint density at radius 3 is 2.87 bits per heavy atom. The summed E-state index contributed by atoms with van der Waals surface area (Å²) in [5.41, 5.74) is 7.56. The lowest BCUT2D eigenvalue weighted by Crippen LogP contribution is -2.25. The van der Waals surface area contributed by atoms with Crippen molar-refractivity contribution in [1.82, 2.24) is 0 Å². The van der Waals surface area contributed by atoms with E-state index in [1.807, 2.05) is 0 Å². The van der Waals surface area contributed by atoms with E-state index in [2.05, 4.69) is 35.8 Å². The molecule has 0 aromatic carbocycles. The molecular formula is C11H16BrNOS. The first-order chi connectivity index (χ1) is 7.09. The monoisotopic (exact) mass is 289 g/mol. The van der Waals surface area contributed by atoms with E-state index >= 15 is 0 Å². The van der Waals surface area contributed by atoms with E-state index in [1.165, 1.54) is 14.2 Å². The summed E-state index contributed by atoms with van der Waals surface area (Å²) in [5, 5.41) is 0. The van der Waals surface area contributed by atoms with Gasteiger partial charge in [0.2, 0.25) is 0 Å². The maximum atomic E-state index is 6.28. The van der Waals surface area contributed by atoms with Gasteiger partial charge in [-0.25, -0.2) is 0 Å². The second-order valence-corrected chi connectivity index (χ2v) is 6.56. The Morgan fingerprint density at radius 2 is 2.40 bits per heavy atom. The summed E-state index contributed by atoms with van der Waals surface area (Å²) in [4.78, 5) is 1.27. The third-order valence-electron chi connectivity index (χ3n) is 3.10. The zero-order valence-electron chi connectivity index (χ0n) is 9.00. The van der Waals surface area contributed by atoms with Crippen LogP contribution >= 0.6 is 27.3 Å². The van der Waals surface area contributed by atoms with Gasteiger partial charge in [0.05, 0.1) is 9.89 Å². The van der Waals surface area contributed by atoms with Crippen LogP contribution in [0.4, 0.5) is 0 Å². The predicted octanol–water partition coefficient (Wildman–Crippen LogP) is 3.24. The molecule has 4 heteroatoms. The molecule has 0 radical (unpaired) electrons. The number of hydrogen-bond donors (Lipinski definition) is 1. The van der Waals surface area contributed by atoms with Gasteiger partial charge in [0.1, 0.15) is 0 Å². The van der Waals surface area contributed by atoms with Crippen LogP contribution < -0.4 is 5.73 Å². The normalized spacial score (nSPS) is 28.3. The van der Waals surface area contributed by atoms with E-state index in [0.717, 1.165) is 13.0 Å². The summed E-state index contributed by atoms with van der Waals surface area (Å²) in [5.74, 6) is 0.468. The van der Waals surface area contributed by atoms with E-state index in [4.69, 9.17) is 10.5 Å². The summed E-state index contributed by atoms with van der Waals surface area (Å²) in [6.45, 7) is 5.07. The molecule has 3 atom stereocenters. The van der Waals surface area contributed by atoms with Crippen LogP contribution in [0.3, 0.4) is 0 Å². The molecule has 2 rings (SSSR count). The first kappa shape index (κ1) is 11.6. The second-order valence-electron chi connectivity index (χ2n) is 4.16. The minimum absolute atomic E-state index is 0.123. The first-order valence-electron chi connectivity index (χ1n) is 5.22. The minimum Gasteiger partial charge on any atom is -0.378 e. The Labute approximate surface area is 103 Å². The maximum absolute atomic E-state index is 6.28. The molecule has 2 heterocycles. The molecular weight excluding hydrogens is 274 g/mol. The van der Waals surface area contributed by atoms with Crippen LogP contribution in [-0.2, 0) is 4.74 Å². The van der Waals surface area contributed by atoms with Crippen LogP contribution in [0.2, 0.25) is 0 Å². The molecule has 15 heavy (non-hydrogen) atoms. The highest BCUT2D eigenvalue weighted by Gasteiger charge is 2.31. The average molecular weight is 290 g/mol. The van der Waals surface area contributed by atoms with Crippen molar-refractivity contribution >= 4 is 27.3 Å². The van der Waals surface area contributed by atoms with Crippen molar-refractivity contribution in [1.29, 1.82) is 0 Å². The van der Waals surface area contributed by atoms with Gasteiger partial charge in [-0.15, -0.1) is 11.3 Å². The number of nitrogens with two attached hydrogens (primary N) is 1. The maximum Gasteiger partial charge on any atom is 0.0731 e. The fourth-order valence-corrected chi connectivity index (χ4v) is 3.73. The highest BCUT2D eigenvalue weighted by atomic mass is 79.9.